The van der Waals surface area contributed by atoms with Crippen LogP contribution < -0.4 is 24.8 Å². The van der Waals surface area contributed by atoms with Crippen molar-refractivity contribution < 1.29 is 28.9 Å². The lowest BCUT2D eigenvalue weighted by Gasteiger charge is -2.17. The number of carbonyl (C=O) groups is 2. The van der Waals surface area contributed by atoms with E-state index in [1.165, 1.54) is 25.6 Å². The van der Waals surface area contributed by atoms with Crippen LogP contribution in [0.15, 0.2) is 60.0 Å². The zero-order valence-corrected chi connectivity index (χ0v) is 18.5. The molecule has 3 rings (SSSR count). The summed E-state index contributed by atoms with van der Waals surface area (Å²) in [6, 6.07) is 15.2. The highest BCUT2D eigenvalue weighted by Gasteiger charge is 2.15. The van der Waals surface area contributed by atoms with Crippen molar-refractivity contribution in [1.82, 2.24) is 5.32 Å². The molecule has 168 valence electrons. The van der Waals surface area contributed by atoms with Crippen LogP contribution in [0.25, 0.3) is 0 Å². The van der Waals surface area contributed by atoms with Gasteiger partial charge in [0.2, 0.25) is 5.75 Å². The number of aliphatic hydroxyl groups is 1. The molecule has 1 unspecified atom stereocenters. The first kappa shape index (κ1) is 23.1. The number of methoxy groups -OCH3 is 2. The molecule has 0 saturated heterocycles. The summed E-state index contributed by atoms with van der Waals surface area (Å²) in [5, 5.41) is 17.5. The second kappa shape index (κ2) is 11.2. The molecule has 1 heterocycles. The molecular formula is C23H24N2O6S. The van der Waals surface area contributed by atoms with Gasteiger partial charge >= 0.3 is 0 Å². The van der Waals surface area contributed by atoms with Crippen molar-refractivity contribution in [3.63, 3.8) is 0 Å². The molecule has 0 fully saturated rings. The number of benzene rings is 2. The van der Waals surface area contributed by atoms with E-state index in [4.69, 9.17) is 14.2 Å². The molecule has 0 spiro atoms. The summed E-state index contributed by atoms with van der Waals surface area (Å²) in [4.78, 5) is 25.0. The molecule has 0 aliphatic heterocycles. The van der Waals surface area contributed by atoms with Gasteiger partial charge in [0.25, 0.3) is 11.8 Å². The van der Waals surface area contributed by atoms with Gasteiger partial charge in [-0.15, -0.1) is 11.3 Å². The molecular weight excluding hydrogens is 432 g/mol. The number of rotatable bonds is 10. The second-order valence-corrected chi connectivity index (χ2v) is 7.62. The Kier molecular flexibility index (Phi) is 8.07. The Morgan fingerprint density at radius 2 is 1.66 bits per heavy atom. The third-order valence-corrected chi connectivity index (χ3v) is 5.32. The van der Waals surface area contributed by atoms with Gasteiger partial charge in [0.05, 0.1) is 19.1 Å². The first-order valence-corrected chi connectivity index (χ1v) is 10.6. The van der Waals surface area contributed by atoms with E-state index >= 15 is 0 Å². The van der Waals surface area contributed by atoms with Crippen molar-refractivity contribution in [2.75, 3.05) is 32.7 Å². The average molecular weight is 457 g/mol. The Morgan fingerprint density at radius 3 is 2.25 bits per heavy atom. The maximum Gasteiger partial charge on any atom is 0.265 e. The predicted molar refractivity (Wildman–Crippen MR) is 122 cm³/mol. The Bertz CT molecular complexity index is 1010. The van der Waals surface area contributed by atoms with E-state index in [-0.39, 0.29) is 25.0 Å². The van der Waals surface area contributed by atoms with Crippen molar-refractivity contribution in [3.8, 4) is 17.2 Å². The number of anilines is 1. The predicted octanol–water partition coefficient (Wildman–Crippen LogP) is 3.19. The maximum absolute atomic E-state index is 12.4. The molecule has 3 aromatic rings. The zero-order chi connectivity index (χ0) is 22.9. The summed E-state index contributed by atoms with van der Waals surface area (Å²) < 4.78 is 16.1. The quantitative estimate of drug-likeness (QED) is 0.433. The number of carbonyl (C=O) groups excluding carboxylic acids is 2. The van der Waals surface area contributed by atoms with E-state index in [0.717, 1.165) is 0 Å². The SMILES string of the molecule is COc1cccc(OC)c1OCC(O)CNC(=O)c1ccc(NC(=O)c2cccs2)cc1. The summed E-state index contributed by atoms with van der Waals surface area (Å²) in [6.07, 6.45) is -0.946. The molecule has 2 amide bonds. The fourth-order valence-corrected chi connectivity index (χ4v) is 3.43. The van der Waals surface area contributed by atoms with Crippen molar-refractivity contribution in [3.05, 3.63) is 70.4 Å². The van der Waals surface area contributed by atoms with Gasteiger partial charge in [-0.3, -0.25) is 9.59 Å². The number of amides is 2. The molecule has 2 aromatic carbocycles. The van der Waals surface area contributed by atoms with Gasteiger partial charge in [-0.25, -0.2) is 0 Å². The Hall–Kier alpha value is -3.56. The number of nitrogens with one attached hydrogen (secondary N) is 2. The zero-order valence-electron chi connectivity index (χ0n) is 17.7. The molecule has 32 heavy (non-hydrogen) atoms. The summed E-state index contributed by atoms with van der Waals surface area (Å²) in [5.74, 6) is 0.781. The summed E-state index contributed by atoms with van der Waals surface area (Å²) in [5.41, 5.74) is 0.984. The van der Waals surface area contributed by atoms with Crippen molar-refractivity contribution in [2.45, 2.75) is 6.10 Å². The van der Waals surface area contributed by atoms with Crippen molar-refractivity contribution >= 4 is 28.8 Å². The van der Waals surface area contributed by atoms with Gasteiger partial charge in [-0.2, -0.15) is 0 Å². The van der Waals surface area contributed by atoms with Crippen LogP contribution in [0.3, 0.4) is 0 Å². The first-order chi connectivity index (χ1) is 15.5. The van der Waals surface area contributed by atoms with E-state index in [2.05, 4.69) is 10.6 Å². The highest BCUT2D eigenvalue weighted by atomic mass is 32.1. The van der Waals surface area contributed by atoms with Gasteiger partial charge in [0.15, 0.2) is 11.5 Å². The van der Waals surface area contributed by atoms with Crippen LogP contribution in [0.1, 0.15) is 20.0 Å². The van der Waals surface area contributed by atoms with Gasteiger partial charge in [-0.05, 0) is 47.8 Å². The molecule has 1 atom stereocenters. The van der Waals surface area contributed by atoms with Crippen molar-refractivity contribution in [1.29, 1.82) is 0 Å². The highest BCUT2D eigenvalue weighted by molar-refractivity contribution is 7.12. The van der Waals surface area contributed by atoms with Crippen LogP contribution >= 0.6 is 11.3 Å². The standard InChI is InChI=1S/C23H24N2O6S/c1-29-18-5-3-6-19(30-2)21(18)31-14-17(26)13-24-22(27)15-8-10-16(11-9-15)25-23(28)20-7-4-12-32-20/h3-12,17,26H,13-14H2,1-2H3,(H,24,27)(H,25,28). The molecule has 0 radical (unpaired) electrons. The molecule has 0 saturated carbocycles. The van der Waals surface area contributed by atoms with Crippen LogP contribution in [0.2, 0.25) is 0 Å². The van der Waals surface area contributed by atoms with Crippen LogP contribution in [-0.2, 0) is 0 Å². The minimum atomic E-state index is -0.946. The highest BCUT2D eigenvalue weighted by Crippen LogP contribution is 2.36. The van der Waals surface area contributed by atoms with E-state index in [1.54, 1.807) is 54.6 Å². The van der Waals surface area contributed by atoms with Gasteiger partial charge in [0.1, 0.15) is 12.7 Å². The summed E-state index contributed by atoms with van der Waals surface area (Å²) in [6.45, 7) is -0.0716. The number of hydrogen-bond donors (Lipinski definition) is 3. The average Bonchev–Trinajstić information content (AvgIpc) is 3.36. The van der Waals surface area contributed by atoms with Crippen LogP contribution in [-0.4, -0.2) is 50.4 Å². The largest absolute Gasteiger partial charge is 0.493 e. The number of ether oxygens (including phenoxy) is 3. The lowest BCUT2D eigenvalue weighted by Crippen LogP contribution is -2.35. The fraction of sp³-hybridized carbons (Fsp3) is 0.217. The third-order valence-electron chi connectivity index (χ3n) is 4.45. The minimum absolute atomic E-state index is 0.00678. The summed E-state index contributed by atoms with van der Waals surface area (Å²) in [7, 11) is 3.02. The number of aliphatic hydroxyl groups excluding tert-OH is 1. The number of thiophene rings is 1. The molecule has 0 aliphatic carbocycles. The summed E-state index contributed by atoms with van der Waals surface area (Å²) >= 11 is 1.35. The fourth-order valence-electron chi connectivity index (χ4n) is 2.82. The van der Waals surface area contributed by atoms with E-state index < -0.39 is 6.10 Å². The van der Waals surface area contributed by atoms with Crippen LogP contribution in [0.4, 0.5) is 5.69 Å². The molecule has 1 aromatic heterocycles. The van der Waals surface area contributed by atoms with E-state index in [1.807, 2.05) is 5.38 Å². The molecule has 0 aliphatic rings. The number of hydrogen-bond acceptors (Lipinski definition) is 7. The second-order valence-electron chi connectivity index (χ2n) is 6.68. The van der Waals surface area contributed by atoms with Crippen LogP contribution in [0, 0.1) is 0 Å². The number of para-hydroxylation sites is 1. The normalized spacial score (nSPS) is 11.3. The lowest BCUT2D eigenvalue weighted by molar-refractivity contribution is 0.0833. The lowest BCUT2D eigenvalue weighted by atomic mass is 10.2. The maximum atomic E-state index is 12.4. The Balaban J connectivity index is 1.48. The topological polar surface area (TPSA) is 106 Å². The minimum Gasteiger partial charge on any atom is -0.493 e. The third kappa shape index (κ3) is 5.99. The van der Waals surface area contributed by atoms with E-state index in [9.17, 15) is 14.7 Å². The molecule has 3 N–H and O–H groups in total. The Labute approximate surface area is 189 Å². The van der Waals surface area contributed by atoms with Gasteiger partial charge in [0, 0.05) is 17.8 Å². The monoisotopic (exact) mass is 456 g/mol. The molecule has 9 heteroatoms. The van der Waals surface area contributed by atoms with Crippen LogP contribution in [0.5, 0.6) is 17.2 Å². The molecule has 8 nitrogen and oxygen atoms in total. The first-order valence-electron chi connectivity index (χ1n) is 9.76. The van der Waals surface area contributed by atoms with Crippen molar-refractivity contribution in [2.24, 2.45) is 0 Å². The smallest absolute Gasteiger partial charge is 0.265 e. The molecule has 0 bridgehead atoms. The van der Waals surface area contributed by atoms with Gasteiger partial charge < -0.3 is 30.0 Å². The van der Waals surface area contributed by atoms with E-state index in [0.29, 0.717) is 33.4 Å². The van der Waals surface area contributed by atoms with Gasteiger partial charge in [-0.1, -0.05) is 12.1 Å². The Morgan fingerprint density at radius 1 is 0.969 bits per heavy atom.